The number of ether oxygens (including phenoxy) is 1. The Morgan fingerprint density at radius 3 is 2.70 bits per heavy atom. The predicted octanol–water partition coefficient (Wildman–Crippen LogP) is 2.46. The number of carboxylic acid groups (broad SMARTS) is 1. The number of benzene rings is 1. The van der Waals surface area contributed by atoms with Crippen LogP contribution in [0.4, 0.5) is 10.7 Å². The van der Waals surface area contributed by atoms with E-state index >= 15 is 0 Å². The average molecular weight is 451 g/mol. The first-order valence-corrected chi connectivity index (χ1v) is 10.6. The smallest absolute Gasteiger partial charge is 0.402 e. The topological polar surface area (TPSA) is 159 Å². The highest BCUT2D eigenvalue weighted by atomic mass is 16.5. The van der Waals surface area contributed by atoms with Gasteiger partial charge < -0.3 is 20.9 Å². The van der Waals surface area contributed by atoms with Crippen molar-refractivity contribution in [3.8, 4) is 11.4 Å². The van der Waals surface area contributed by atoms with Gasteiger partial charge in [-0.15, -0.1) is 5.10 Å². The molecule has 4 aromatic rings. The van der Waals surface area contributed by atoms with Gasteiger partial charge in [-0.1, -0.05) is 18.1 Å². The maximum absolute atomic E-state index is 8.78. The number of primary amides is 1. The molecule has 0 aliphatic heterocycles. The van der Waals surface area contributed by atoms with E-state index in [1.54, 1.807) is 17.1 Å². The minimum atomic E-state index is -1.33. The molecule has 12 nitrogen and oxygen atoms in total. The molecule has 1 aliphatic carbocycles. The molecule has 0 spiro atoms. The lowest BCUT2D eigenvalue weighted by Gasteiger charge is -2.11. The molecule has 0 atom stereocenters. The Morgan fingerprint density at radius 2 is 2.00 bits per heavy atom. The zero-order valence-electron chi connectivity index (χ0n) is 17.9. The third-order valence-corrected chi connectivity index (χ3v) is 5.11. The summed E-state index contributed by atoms with van der Waals surface area (Å²) < 4.78 is 9.36. The van der Waals surface area contributed by atoms with Gasteiger partial charge in [0.05, 0.1) is 18.4 Å². The first-order chi connectivity index (χ1) is 16.1. The van der Waals surface area contributed by atoms with Crippen LogP contribution in [0.2, 0.25) is 0 Å². The second kappa shape index (κ2) is 10.4. The molecule has 4 N–H and O–H groups in total. The highest BCUT2D eigenvalue weighted by molar-refractivity contribution is 5.72. The number of fused-ring (bicyclic) bond motifs is 1. The molecule has 0 unspecified atom stereocenters. The summed E-state index contributed by atoms with van der Waals surface area (Å²) in [5.41, 5.74) is 6.26. The third-order valence-electron chi connectivity index (χ3n) is 5.11. The number of aromatic nitrogens is 7. The van der Waals surface area contributed by atoms with Crippen LogP contribution in [0, 0.1) is 0 Å². The molecule has 12 heteroatoms. The normalized spacial score (nSPS) is 13.5. The maximum Gasteiger partial charge on any atom is 0.402 e. The van der Waals surface area contributed by atoms with Gasteiger partial charge in [0.1, 0.15) is 12.4 Å². The molecule has 3 aromatic heterocycles. The fourth-order valence-electron chi connectivity index (χ4n) is 3.60. The summed E-state index contributed by atoms with van der Waals surface area (Å²) in [6.07, 6.45) is 8.92. The standard InChI is InChI=1S/C20H22N8O.CH3NO2/c1-2-5-15(4-1)23-20-21-14-18-19(24-20)28(26-25-18)16-6-8-17(9-7-16)29-13-12-27-11-3-10-22-27;2-1(3)4/h3,6-11,14-15H,1-2,4-5,12-13H2,(H,21,23,24);2H2,(H,3,4). The van der Waals surface area contributed by atoms with Crippen LogP contribution in [0.3, 0.4) is 0 Å². The first kappa shape index (κ1) is 22.0. The van der Waals surface area contributed by atoms with Crippen molar-refractivity contribution in [1.82, 2.24) is 34.7 Å². The number of carbonyl (C=O) groups is 1. The second-order valence-electron chi connectivity index (χ2n) is 7.48. The number of rotatable bonds is 7. The van der Waals surface area contributed by atoms with E-state index in [1.807, 2.05) is 41.2 Å². The second-order valence-corrected chi connectivity index (χ2v) is 7.48. The molecule has 0 saturated heterocycles. The maximum atomic E-state index is 8.78. The molecule has 1 aliphatic rings. The summed E-state index contributed by atoms with van der Waals surface area (Å²) in [5, 5.41) is 23.2. The molecular formula is C21H25N9O3. The molecule has 1 aromatic carbocycles. The van der Waals surface area contributed by atoms with E-state index in [2.05, 4.69) is 36.4 Å². The molecule has 0 bridgehead atoms. The van der Waals surface area contributed by atoms with E-state index in [0.29, 0.717) is 36.3 Å². The Labute approximate surface area is 189 Å². The Morgan fingerprint density at radius 1 is 1.24 bits per heavy atom. The van der Waals surface area contributed by atoms with Crippen LogP contribution in [0.5, 0.6) is 5.75 Å². The van der Waals surface area contributed by atoms with Crippen LogP contribution in [-0.2, 0) is 6.54 Å². The average Bonchev–Trinajstić information content (AvgIpc) is 3.56. The van der Waals surface area contributed by atoms with Gasteiger partial charge >= 0.3 is 6.09 Å². The highest BCUT2D eigenvalue weighted by Gasteiger charge is 2.17. The van der Waals surface area contributed by atoms with Gasteiger partial charge in [0, 0.05) is 18.4 Å². The summed E-state index contributed by atoms with van der Waals surface area (Å²) in [6, 6.07) is 10.1. The van der Waals surface area contributed by atoms with Crippen molar-refractivity contribution in [3.63, 3.8) is 0 Å². The lowest BCUT2D eigenvalue weighted by molar-refractivity contribution is 0.205. The number of nitrogens with zero attached hydrogens (tertiary/aromatic N) is 7. The molecule has 3 heterocycles. The molecule has 1 saturated carbocycles. The van der Waals surface area contributed by atoms with Crippen LogP contribution in [0.25, 0.3) is 16.9 Å². The Bertz CT molecular complexity index is 1170. The predicted molar refractivity (Wildman–Crippen MR) is 120 cm³/mol. The minimum Gasteiger partial charge on any atom is -0.492 e. The summed E-state index contributed by atoms with van der Waals surface area (Å²) in [5.74, 6) is 1.43. The summed E-state index contributed by atoms with van der Waals surface area (Å²) >= 11 is 0. The Kier molecular flexibility index (Phi) is 6.93. The van der Waals surface area contributed by atoms with E-state index < -0.39 is 6.09 Å². The van der Waals surface area contributed by atoms with Crippen molar-refractivity contribution in [2.24, 2.45) is 5.73 Å². The monoisotopic (exact) mass is 451 g/mol. The Hall–Kier alpha value is -4.22. The van der Waals surface area contributed by atoms with Gasteiger partial charge in [-0.3, -0.25) is 4.68 Å². The van der Waals surface area contributed by atoms with Crippen molar-refractivity contribution >= 4 is 23.2 Å². The number of nitrogens with two attached hydrogens (primary N) is 1. The van der Waals surface area contributed by atoms with Crippen LogP contribution >= 0.6 is 0 Å². The van der Waals surface area contributed by atoms with Crippen LogP contribution in [0.1, 0.15) is 25.7 Å². The largest absolute Gasteiger partial charge is 0.492 e. The fourth-order valence-corrected chi connectivity index (χ4v) is 3.60. The minimum absolute atomic E-state index is 0.454. The van der Waals surface area contributed by atoms with Crippen molar-refractivity contribution in [1.29, 1.82) is 0 Å². The zero-order valence-corrected chi connectivity index (χ0v) is 17.9. The molecule has 1 amide bonds. The van der Waals surface area contributed by atoms with Gasteiger partial charge in [0.15, 0.2) is 11.2 Å². The van der Waals surface area contributed by atoms with E-state index in [-0.39, 0.29) is 0 Å². The summed E-state index contributed by atoms with van der Waals surface area (Å²) in [7, 11) is 0. The summed E-state index contributed by atoms with van der Waals surface area (Å²) in [6.45, 7) is 1.26. The summed E-state index contributed by atoms with van der Waals surface area (Å²) in [4.78, 5) is 17.8. The number of amides is 1. The number of anilines is 1. The first-order valence-electron chi connectivity index (χ1n) is 10.6. The number of nitrogens with one attached hydrogen (secondary N) is 1. The van der Waals surface area contributed by atoms with Crippen LogP contribution in [-0.4, -0.2) is 58.6 Å². The highest BCUT2D eigenvalue weighted by Crippen LogP contribution is 2.22. The molecule has 1 fully saturated rings. The fraction of sp³-hybridized carbons (Fsp3) is 0.333. The van der Waals surface area contributed by atoms with Gasteiger partial charge in [-0.2, -0.15) is 14.8 Å². The third kappa shape index (κ3) is 5.93. The van der Waals surface area contributed by atoms with Gasteiger partial charge in [0.2, 0.25) is 5.95 Å². The molecule has 0 radical (unpaired) electrons. The van der Waals surface area contributed by atoms with Crippen molar-refractivity contribution < 1.29 is 14.6 Å². The number of hydrogen-bond donors (Lipinski definition) is 3. The lowest BCUT2D eigenvalue weighted by atomic mass is 10.2. The van der Waals surface area contributed by atoms with Crippen LogP contribution < -0.4 is 15.8 Å². The lowest BCUT2D eigenvalue weighted by Crippen LogP contribution is -2.16. The van der Waals surface area contributed by atoms with Crippen molar-refractivity contribution in [2.45, 2.75) is 38.3 Å². The Balaban J connectivity index is 0.000000601. The van der Waals surface area contributed by atoms with E-state index in [4.69, 9.17) is 14.6 Å². The van der Waals surface area contributed by atoms with Crippen molar-refractivity contribution in [3.05, 3.63) is 48.9 Å². The SMILES string of the molecule is NC(=O)O.c1cnn(CCOc2ccc(-n3nnc4cnc(NC5CCCC5)nc43)cc2)c1. The molecular weight excluding hydrogens is 426 g/mol. The van der Waals surface area contributed by atoms with E-state index in [9.17, 15) is 0 Å². The van der Waals surface area contributed by atoms with E-state index in [1.165, 1.54) is 25.7 Å². The number of hydrogen-bond acceptors (Lipinski definition) is 8. The molecule has 172 valence electrons. The molecule has 5 rings (SSSR count). The van der Waals surface area contributed by atoms with Gasteiger partial charge in [-0.05, 0) is 43.2 Å². The van der Waals surface area contributed by atoms with Gasteiger partial charge in [-0.25, -0.2) is 9.78 Å². The quantitative estimate of drug-likeness (QED) is 0.383. The van der Waals surface area contributed by atoms with Crippen LogP contribution in [0.15, 0.2) is 48.9 Å². The molecule has 33 heavy (non-hydrogen) atoms. The zero-order chi connectivity index (χ0) is 23.0. The van der Waals surface area contributed by atoms with E-state index in [0.717, 1.165) is 11.4 Å². The van der Waals surface area contributed by atoms with Gasteiger partial charge in [0.25, 0.3) is 0 Å². The van der Waals surface area contributed by atoms with Crippen molar-refractivity contribution in [2.75, 3.05) is 11.9 Å².